The molecule has 0 aromatic carbocycles. The Morgan fingerprint density at radius 3 is 2.87 bits per heavy atom. The molecule has 2 heterocycles. The van der Waals surface area contributed by atoms with E-state index < -0.39 is 6.10 Å². The molecule has 1 fully saturated rings. The van der Waals surface area contributed by atoms with E-state index in [1.165, 1.54) is 17.1 Å². The highest BCUT2D eigenvalue weighted by Crippen LogP contribution is 2.19. The van der Waals surface area contributed by atoms with E-state index in [0.717, 1.165) is 0 Å². The van der Waals surface area contributed by atoms with Gasteiger partial charge in [-0.05, 0) is 6.42 Å². The third kappa shape index (κ3) is 4.19. The molecule has 0 unspecified atom stereocenters. The quantitative estimate of drug-likeness (QED) is 0.831. The summed E-state index contributed by atoms with van der Waals surface area (Å²) in [7, 11) is 0. The Labute approximate surface area is 136 Å². The van der Waals surface area contributed by atoms with E-state index in [2.05, 4.69) is 17.0 Å². The fourth-order valence-corrected chi connectivity index (χ4v) is 2.57. The molecule has 0 aliphatic carbocycles. The van der Waals surface area contributed by atoms with Gasteiger partial charge in [-0.3, -0.25) is 9.59 Å². The number of hydrogen-bond acceptors (Lipinski definition) is 4. The first kappa shape index (κ1) is 17.2. The van der Waals surface area contributed by atoms with Crippen LogP contribution < -0.4 is 5.32 Å². The van der Waals surface area contributed by atoms with Crippen LogP contribution in [-0.4, -0.2) is 57.3 Å². The van der Waals surface area contributed by atoms with Gasteiger partial charge in [0, 0.05) is 43.9 Å². The predicted molar refractivity (Wildman–Crippen MR) is 86.5 cm³/mol. The minimum absolute atomic E-state index is 0.0208. The molecule has 0 spiro atoms. The van der Waals surface area contributed by atoms with Gasteiger partial charge in [-0.25, -0.2) is 4.68 Å². The predicted octanol–water partition coefficient (Wildman–Crippen LogP) is 0.579. The monoisotopic (exact) mass is 320 g/mol. The third-order valence-electron chi connectivity index (χ3n) is 4.11. The molecular formula is C16H24N4O3. The van der Waals surface area contributed by atoms with E-state index in [1.807, 2.05) is 13.8 Å². The average molecular weight is 320 g/mol. The van der Waals surface area contributed by atoms with Crippen molar-refractivity contribution in [2.24, 2.45) is 11.8 Å². The maximum atomic E-state index is 12.4. The molecule has 2 atom stereocenters. The molecule has 1 saturated heterocycles. The molecule has 7 heteroatoms. The van der Waals surface area contributed by atoms with Crippen molar-refractivity contribution in [2.75, 3.05) is 19.6 Å². The molecule has 2 amide bonds. The molecule has 0 saturated carbocycles. The fourth-order valence-electron chi connectivity index (χ4n) is 2.57. The van der Waals surface area contributed by atoms with Gasteiger partial charge in [0.25, 0.3) is 5.91 Å². The van der Waals surface area contributed by atoms with Gasteiger partial charge in [0.05, 0.1) is 17.9 Å². The van der Waals surface area contributed by atoms with Gasteiger partial charge in [-0.2, -0.15) is 5.10 Å². The highest BCUT2D eigenvalue weighted by atomic mass is 16.3. The lowest BCUT2D eigenvalue weighted by atomic mass is 9.93. The van der Waals surface area contributed by atoms with E-state index in [9.17, 15) is 14.7 Å². The Bertz CT molecular complexity index is 582. The summed E-state index contributed by atoms with van der Waals surface area (Å²) in [4.78, 5) is 25.6. The van der Waals surface area contributed by atoms with Crippen molar-refractivity contribution >= 4 is 18.0 Å². The average Bonchev–Trinajstić information content (AvgIpc) is 3.01. The van der Waals surface area contributed by atoms with Gasteiger partial charge < -0.3 is 15.3 Å². The number of piperidine rings is 1. The van der Waals surface area contributed by atoms with Crippen LogP contribution in [0.15, 0.2) is 19.0 Å². The molecule has 0 radical (unpaired) electrons. The standard InChI is InChI=1S/C16H24N4O3/c1-4-20-9-13(8-18-20)16(23)19-6-5-12(14(21)10-19)7-17-15(22)11(2)3/h4,8-9,11-12,14,21H,1,5-7,10H2,2-3H3,(H,17,22)/t12-,14+/m0/s1. The summed E-state index contributed by atoms with van der Waals surface area (Å²) in [5, 5.41) is 17.1. The van der Waals surface area contributed by atoms with Gasteiger partial charge in [0.15, 0.2) is 0 Å². The molecule has 126 valence electrons. The van der Waals surface area contributed by atoms with Crippen LogP contribution in [-0.2, 0) is 4.79 Å². The number of amides is 2. The topological polar surface area (TPSA) is 87.5 Å². The normalized spacial score (nSPS) is 21.3. The maximum Gasteiger partial charge on any atom is 0.257 e. The van der Waals surface area contributed by atoms with E-state index in [0.29, 0.717) is 25.1 Å². The van der Waals surface area contributed by atoms with Crippen molar-refractivity contribution in [3.05, 3.63) is 24.5 Å². The zero-order valence-corrected chi connectivity index (χ0v) is 13.6. The van der Waals surface area contributed by atoms with Gasteiger partial charge in [0.2, 0.25) is 5.91 Å². The number of hydrogen-bond donors (Lipinski definition) is 2. The number of aliphatic hydroxyl groups is 1. The number of aromatic nitrogens is 2. The summed E-state index contributed by atoms with van der Waals surface area (Å²) in [6.07, 6.45) is 4.62. The van der Waals surface area contributed by atoms with Crippen molar-refractivity contribution in [1.29, 1.82) is 0 Å². The van der Waals surface area contributed by atoms with E-state index in [4.69, 9.17) is 0 Å². The maximum absolute atomic E-state index is 12.4. The van der Waals surface area contributed by atoms with Crippen LogP contribution in [0, 0.1) is 11.8 Å². The van der Waals surface area contributed by atoms with Crippen LogP contribution in [0.5, 0.6) is 0 Å². The molecule has 1 aliphatic rings. The molecular weight excluding hydrogens is 296 g/mol. The lowest BCUT2D eigenvalue weighted by molar-refractivity contribution is -0.124. The van der Waals surface area contributed by atoms with Gasteiger partial charge in [-0.15, -0.1) is 0 Å². The van der Waals surface area contributed by atoms with E-state index in [-0.39, 0.29) is 30.2 Å². The van der Waals surface area contributed by atoms with Gasteiger partial charge in [0.1, 0.15) is 0 Å². The number of nitrogens with zero attached hydrogens (tertiary/aromatic N) is 3. The van der Waals surface area contributed by atoms with E-state index >= 15 is 0 Å². The van der Waals surface area contributed by atoms with Crippen LogP contribution >= 0.6 is 0 Å². The minimum Gasteiger partial charge on any atom is -0.391 e. The zero-order chi connectivity index (χ0) is 17.0. The zero-order valence-electron chi connectivity index (χ0n) is 13.6. The molecule has 1 aromatic rings. The Morgan fingerprint density at radius 2 is 2.30 bits per heavy atom. The van der Waals surface area contributed by atoms with Crippen molar-refractivity contribution in [2.45, 2.75) is 26.4 Å². The molecule has 0 bridgehead atoms. The molecule has 1 aromatic heterocycles. The summed E-state index contributed by atoms with van der Waals surface area (Å²) in [6.45, 7) is 8.50. The second-order valence-electron chi connectivity index (χ2n) is 6.16. The van der Waals surface area contributed by atoms with Crippen molar-refractivity contribution in [3.8, 4) is 0 Å². The van der Waals surface area contributed by atoms with Crippen LogP contribution in [0.1, 0.15) is 30.6 Å². The smallest absolute Gasteiger partial charge is 0.257 e. The third-order valence-corrected chi connectivity index (χ3v) is 4.11. The van der Waals surface area contributed by atoms with Crippen LogP contribution in [0.4, 0.5) is 0 Å². The highest BCUT2D eigenvalue weighted by molar-refractivity contribution is 5.94. The molecule has 23 heavy (non-hydrogen) atoms. The second-order valence-corrected chi connectivity index (χ2v) is 6.16. The van der Waals surface area contributed by atoms with Crippen molar-refractivity contribution < 1.29 is 14.7 Å². The Balaban J connectivity index is 1.89. The Morgan fingerprint density at radius 1 is 1.57 bits per heavy atom. The molecule has 1 aliphatic heterocycles. The van der Waals surface area contributed by atoms with Crippen molar-refractivity contribution in [1.82, 2.24) is 20.0 Å². The Kier molecular flexibility index (Phi) is 5.54. The summed E-state index contributed by atoms with van der Waals surface area (Å²) in [5.74, 6) is -0.276. The van der Waals surface area contributed by atoms with Crippen LogP contribution in [0.3, 0.4) is 0 Å². The van der Waals surface area contributed by atoms with E-state index in [1.54, 1.807) is 11.1 Å². The largest absolute Gasteiger partial charge is 0.391 e. The number of carbonyl (C=O) groups is 2. The lowest BCUT2D eigenvalue weighted by Crippen LogP contribution is -2.49. The first-order valence-corrected chi connectivity index (χ1v) is 7.84. The van der Waals surface area contributed by atoms with Gasteiger partial charge >= 0.3 is 0 Å². The van der Waals surface area contributed by atoms with Crippen LogP contribution in [0.2, 0.25) is 0 Å². The Hall–Kier alpha value is -2.15. The fraction of sp³-hybridized carbons (Fsp3) is 0.562. The van der Waals surface area contributed by atoms with Crippen LogP contribution in [0.25, 0.3) is 6.20 Å². The molecule has 2 rings (SSSR count). The van der Waals surface area contributed by atoms with Crippen molar-refractivity contribution in [3.63, 3.8) is 0 Å². The molecule has 2 N–H and O–H groups in total. The minimum atomic E-state index is -0.644. The number of nitrogens with one attached hydrogen (secondary N) is 1. The SMILES string of the molecule is C=Cn1cc(C(=O)N2CC[C@@H](CNC(=O)C(C)C)[C@H](O)C2)cn1. The highest BCUT2D eigenvalue weighted by Gasteiger charge is 2.31. The van der Waals surface area contributed by atoms with Gasteiger partial charge in [-0.1, -0.05) is 20.4 Å². The summed E-state index contributed by atoms with van der Waals surface area (Å²) in [5.41, 5.74) is 0.476. The number of aliphatic hydroxyl groups excluding tert-OH is 1. The first-order chi connectivity index (χ1) is 10.9. The molecule has 7 nitrogen and oxygen atoms in total. The lowest BCUT2D eigenvalue weighted by Gasteiger charge is -2.36. The number of β-amino-alcohol motifs (C(OH)–C–C–N with tert-alkyl or cyclic N) is 1. The summed E-state index contributed by atoms with van der Waals surface area (Å²) < 4.78 is 1.47. The number of carbonyl (C=O) groups excluding carboxylic acids is 2. The first-order valence-electron chi connectivity index (χ1n) is 7.84. The summed E-state index contributed by atoms with van der Waals surface area (Å²) in [6, 6.07) is 0. The second kappa shape index (κ2) is 7.41. The summed E-state index contributed by atoms with van der Waals surface area (Å²) >= 11 is 0. The number of likely N-dealkylation sites (tertiary alicyclic amines) is 1. The number of rotatable bonds is 5.